The molecule has 0 spiro atoms. The summed E-state index contributed by atoms with van der Waals surface area (Å²) in [7, 11) is -3.19. The Kier molecular flexibility index (Phi) is 4.82. The van der Waals surface area contributed by atoms with Gasteiger partial charge in [-0.1, -0.05) is 12.8 Å². The molecule has 1 saturated heterocycles. The van der Waals surface area contributed by atoms with Crippen LogP contribution in [-0.4, -0.2) is 65.9 Å². The van der Waals surface area contributed by atoms with Crippen molar-refractivity contribution in [2.45, 2.75) is 38.6 Å². The number of nitrogens with one attached hydrogen (secondary N) is 1. The van der Waals surface area contributed by atoms with Crippen LogP contribution in [0, 0.1) is 6.92 Å². The number of carbonyl (C=O) groups excluding carboxylic acids is 1. The highest BCUT2D eigenvalue weighted by Gasteiger charge is 2.27. The molecule has 1 aliphatic heterocycles. The van der Waals surface area contributed by atoms with E-state index >= 15 is 0 Å². The first-order chi connectivity index (χ1) is 11.3. The zero-order valence-electron chi connectivity index (χ0n) is 14.2. The summed E-state index contributed by atoms with van der Waals surface area (Å²) in [5.41, 5.74) is 0.888. The summed E-state index contributed by atoms with van der Waals surface area (Å²) in [6, 6.07) is 2.06. The van der Waals surface area contributed by atoms with Crippen molar-refractivity contribution in [3.05, 3.63) is 11.8 Å². The van der Waals surface area contributed by atoms with E-state index in [1.807, 2.05) is 17.7 Å². The van der Waals surface area contributed by atoms with Crippen LogP contribution in [0.2, 0.25) is 0 Å². The summed E-state index contributed by atoms with van der Waals surface area (Å²) in [5, 5.41) is 7.48. The van der Waals surface area contributed by atoms with Gasteiger partial charge in [0, 0.05) is 32.2 Å². The highest BCUT2D eigenvalue weighted by atomic mass is 32.2. The second-order valence-electron chi connectivity index (χ2n) is 6.63. The van der Waals surface area contributed by atoms with Gasteiger partial charge >= 0.3 is 6.03 Å². The molecule has 0 atom stereocenters. The second kappa shape index (κ2) is 6.72. The van der Waals surface area contributed by atoms with Gasteiger partial charge in [-0.2, -0.15) is 9.40 Å². The molecular weight excluding hydrogens is 330 g/mol. The van der Waals surface area contributed by atoms with Crippen molar-refractivity contribution in [2.75, 3.05) is 37.8 Å². The first kappa shape index (κ1) is 17.2. The molecule has 9 heteroatoms. The van der Waals surface area contributed by atoms with Crippen LogP contribution < -0.4 is 5.32 Å². The van der Waals surface area contributed by atoms with Gasteiger partial charge in [-0.25, -0.2) is 17.9 Å². The molecule has 0 bridgehead atoms. The van der Waals surface area contributed by atoms with Crippen molar-refractivity contribution in [3.63, 3.8) is 0 Å². The third-order valence-electron chi connectivity index (χ3n) is 4.76. The van der Waals surface area contributed by atoms with Gasteiger partial charge in [0.15, 0.2) is 0 Å². The lowest BCUT2D eigenvalue weighted by Gasteiger charge is -2.33. The minimum Gasteiger partial charge on any atom is -0.322 e. The Morgan fingerprint density at radius 3 is 2.42 bits per heavy atom. The molecule has 3 rings (SSSR count). The van der Waals surface area contributed by atoms with Crippen LogP contribution in [-0.2, 0) is 10.0 Å². The molecule has 0 aromatic carbocycles. The highest BCUT2D eigenvalue weighted by Crippen LogP contribution is 2.31. The number of nitrogens with zero attached hydrogens (tertiary/aromatic N) is 4. The molecule has 8 nitrogen and oxygen atoms in total. The van der Waals surface area contributed by atoms with Gasteiger partial charge in [-0.3, -0.25) is 5.32 Å². The number of hydrogen-bond donors (Lipinski definition) is 1. The van der Waals surface area contributed by atoms with E-state index in [-0.39, 0.29) is 6.03 Å². The number of amides is 2. The molecule has 0 unspecified atom stereocenters. The number of carbonyl (C=O) groups is 1. The van der Waals surface area contributed by atoms with Gasteiger partial charge in [0.2, 0.25) is 10.0 Å². The standard InChI is InChI=1S/C15H25N5O3S/c1-12-11-14(20(17-12)13-5-3-4-6-13)16-15(21)18-7-9-19(10-8-18)24(2,22)23/h11,13H,3-10H2,1-2H3,(H,16,21). The zero-order valence-corrected chi connectivity index (χ0v) is 15.0. The molecule has 1 aromatic heterocycles. The third kappa shape index (κ3) is 3.72. The molecule has 0 radical (unpaired) electrons. The van der Waals surface area contributed by atoms with E-state index in [4.69, 9.17) is 0 Å². The van der Waals surface area contributed by atoms with Crippen molar-refractivity contribution in [1.29, 1.82) is 0 Å². The maximum atomic E-state index is 12.5. The lowest BCUT2D eigenvalue weighted by atomic mass is 10.2. The minimum absolute atomic E-state index is 0.192. The summed E-state index contributed by atoms with van der Waals surface area (Å²) in [4.78, 5) is 14.2. The van der Waals surface area contributed by atoms with E-state index in [9.17, 15) is 13.2 Å². The van der Waals surface area contributed by atoms with Crippen molar-refractivity contribution >= 4 is 21.9 Å². The van der Waals surface area contributed by atoms with E-state index < -0.39 is 10.0 Å². The molecule has 1 aromatic rings. The summed E-state index contributed by atoms with van der Waals surface area (Å²) < 4.78 is 26.4. The number of hydrogen-bond acceptors (Lipinski definition) is 4. The van der Waals surface area contributed by atoms with Crippen molar-refractivity contribution in [1.82, 2.24) is 19.0 Å². The number of piperazine rings is 1. The predicted molar refractivity (Wildman–Crippen MR) is 91.5 cm³/mol. The van der Waals surface area contributed by atoms with Crippen LogP contribution >= 0.6 is 0 Å². The van der Waals surface area contributed by atoms with E-state index in [2.05, 4.69) is 10.4 Å². The first-order valence-electron chi connectivity index (χ1n) is 8.42. The first-order valence-corrected chi connectivity index (χ1v) is 10.3. The number of sulfonamides is 1. The number of rotatable bonds is 3. The smallest absolute Gasteiger partial charge is 0.322 e. The molecular formula is C15H25N5O3S. The van der Waals surface area contributed by atoms with Crippen molar-refractivity contribution in [3.8, 4) is 0 Å². The average molecular weight is 355 g/mol. The lowest BCUT2D eigenvalue weighted by Crippen LogP contribution is -2.51. The van der Waals surface area contributed by atoms with Crippen LogP contribution in [0.15, 0.2) is 6.07 Å². The van der Waals surface area contributed by atoms with E-state index in [0.717, 1.165) is 24.4 Å². The normalized spacial score (nSPS) is 20.5. The SMILES string of the molecule is Cc1cc(NC(=O)N2CCN(S(C)(=O)=O)CC2)n(C2CCCC2)n1. The van der Waals surface area contributed by atoms with Crippen molar-refractivity contribution in [2.24, 2.45) is 0 Å². The van der Waals surface area contributed by atoms with Crippen LogP contribution in [0.1, 0.15) is 37.4 Å². The Morgan fingerprint density at radius 2 is 1.83 bits per heavy atom. The predicted octanol–water partition coefficient (Wildman–Crippen LogP) is 1.42. The zero-order chi connectivity index (χ0) is 17.3. The van der Waals surface area contributed by atoms with Gasteiger partial charge in [-0.05, 0) is 19.8 Å². The van der Waals surface area contributed by atoms with Gasteiger partial charge in [0.1, 0.15) is 5.82 Å². The second-order valence-corrected chi connectivity index (χ2v) is 8.62. The Labute approximate surface area is 142 Å². The monoisotopic (exact) mass is 355 g/mol. The molecule has 1 aliphatic carbocycles. The summed E-state index contributed by atoms with van der Waals surface area (Å²) in [6.07, 6.45) is 5.79. The fraction of sp³-hybridized carbons (Fsp3) is 0.733. The van der Waals surface area contributed by atoms with Crippen LogP contribution in [0.5, 0.6) is 0 Å². The van der Waals surface area contributed by atoms with Gasteiger partial charge in [0.05, 0.1) is 18.0 Å². The van der Waals surface area contributed by atoms with E-state index in [0.29, 0.717) is 32.2 Å². The van der Waals surface area contributed by atoms with Crippen LogP contribution in [0.25, 0.3) is 0 Å². The van der Waals surface area contributed by atoms with E-state index in [1.54, 1.807) is 4.90 Å². The Hall–Kier alpha value is -1.61. The lowest BCUT2D eigenvalue weighted by molar-refractivity contribution is 0.184. The Balaban J connectivity index is 1.64. The number of aromatic nitrogens is 2. The molecule has 1 saturated carbocycles. The quantitative estimate of drug-likeness (QED) is 0.888. The average Bonchev–Trinajstić information content (AvgIpc) is 3.16. The minimum atomic E-state index is -3.19. The third-order valence-corrected chi connectivity index (χ3v) is 6.06. The van der Waals surface area contributed by atoms with Crippen LogP contribution in [0.4, 0.5) is 10.6 Å². The topological polar surface area (TPSA) is 87.5 Å². The Bertz CT molecular complexity index is 701. The highest BCUT2D eigenvalue weighted by molar-refractivity contribution is 7.88. The maximum Gasteiger partial charge on any atom is 0.323 e. The van der Waals surface area contributed by atoms with Gasteiger partial charge in [-0.15, -0.1) is 0 Å². The molecule has 2 aliphatic rings. The van der Waals surface area contributed by atoms with Crippen LogP contribution in [0.3, 0.4) is 0 Å². The number of aryl methyl sites for hydroxylation is 1. The summed E-state index contributed by atoms with van der Waals surface area (Å²) >= 11 is 0. The molecule has 24 heavy (non-hydrogen) atoms. The van der Waals surface area contributed by atoms with Gasteiger partial charge in [0.25, 0.3) is 0 Å². The number of urea groups is 1. The fourth-order valence-corrected chi connectivity index (χ4v) is 4.28. The van der Waals surface area contributed by atoms with Crippen molar-refractivity contribution < 1.29 is 13.2 Å². The largest absolute Gasteiger partial charge is 0.323 e. The van der Waals surface area contributed by atoms with Gasteiger partial charge < -0.3 is 4.90 Å². The molecule has 2 heterocycles. The Morgan fingerprint density at radius 1 is 1.21 bits per heavy atom. The maximum absolute atomic E-state index is 12.5. The molecule has 134 valence electrons. The molecule has 2 fully saturated rings. The molecule has 2 amide bonds. The fourth-order valence-electron chi connectivity index (χ4n) is 3.45. The summed E-state index contributed by atoms with van der Waals surface area (Å²) in [5.74, 6) is 0.731. The summed E-state index contributed by atoms with van der Waals surface area (Å²) in [6.45, 7) is 3.40. The van der Waals surface area contributed by atoms with E-state index in [1.165, 1.54) is 23.4 Å². The molecule has 1 N–H and O–H groups in total. The number of anilines is 1.